The van der Waals surface area contributed by atoms with Crippen LogP contribution in [0.25, 0.3) is 5.69 Å². The lowest BCUT2D eigenvalue weighted by Crippen LogP contribution is -2.42. The Bertz CT molecular complexity index is 743. The van der Waals surface area contributed by atoms with E-state index in [1.807, 2.05) is 18.2 Å². The number of nitrogens with zero attached hydrogens (tertiary/aromatic N) is 3. The number of amides is 2. The maximum absolute atomic E-state index is 12.4. The van der Waals surface area contributed by atoms with Crippen LogP contribution in [-0.2, 0) is 9.59 Å². The summed E-state index contributed by atoms with van der Waals surface area (Å²) in [5, 5.41) is 7.61. The average Bonchev–Trinajstić information content (AvgIpc) is 3.16. The molecule has 6 nitrogen and oxygen atoms in total. The summed E-state index contributed by atoms with van der Waals surface area (Å²) in [6.45, 7) is 2.12. The molecule has 1 aromatic carbocycles. The first-order valence-corrected chi connectivity index (χ1v) is 7.81. The third-order valence-corrected chi connectivity index (χ3v) is 4.23. The zero-order valence-corrected chi connectivity index (χ0v) is 13.5. The van der Waals surface area contributed by atoms with Crippen molar-refractivity contribution >= 4 is 29.1 Å². The van der Waals surface area contributed by atoms with E-state index in [4.69, 9.17) is 11.6 Å². The minimum Gasteiger partial charge on any atom is -0.331 e. The van der Waals surface area contributed by atoms with Gasteiger partial charge in [-0.3, -0.25) is 9.59 Å². The second kappa shape index (κ2) is 6.42. The highest BCUT2D eigenvalue weighted by atomic mass is 35.5. The fourth-order valence-electron chi connectivity index (χ4n) is 2.80. The fraction of sp³-hybridized carbons (Fsp3) is 0.312. The lowest BCUT2D eigenvalue weighted by Gasteiger charge is -2.21. The van der Waals surface area contributed by atoms with Gasteiger partial charge in [0.1, 0.15) is 6.04 Å². The summed E-state index contributed by atoms with van der Waals surface area (Å²) in [5.74, 6) is -0.258. The first kappa shape index (κ1) is 15.6. The molecule has 0 aliphatic carbocycles. The lowest BCUT2D eigenvalue weighted by atomic mass is 10.2. The molecule has 1 saturated heterocycles. The molecule has 120 valence electrons. The summed E-state index contributed by atoms with van der Waals surface area (Å²) in [6.07, 6.45) is 4.79. The smallest absolute Gasteiger partial charge is 0.247 e. The van der Waals surface area contributed by atoms with Crippen LogP contribution < -0.4 is 5.32 Å². The number of aromatic nitrogens is 2. The second-order valence-corrected chi connectivity index (χ2v) is 5.89. The van der Waals surface area contributed by atoms with Crippen LogP contribution in [0.4, 0.5) is 5.69 Å². The highest BCUT2D eigenvalue weighted by Crippen LogP contribution is 2.22. The molecular weight excluding hydrogens is 316 g/mol. The van der Waals surface area contributed by atoms with Crippen LogP contribution in [-0.4, -0.2) is 39.1 Å². The minimum atomic E-state index is -0.406. The number of likely N-dealkylation sites (tertiary alicyclic amines) is 1. The number of halogens is 1. The number of rotatable bonds is 3. The summed E-state index contributed by atoms with van der Waals surface area (Å²) in [7, 11) is 0. The molecule has 3 rings (SSSR count). The van der Waals surface area contributed by atoms with Crippen molar-refractivity contribution < 1.29 is 9.59 Å². The van der Waals surface area contributed by atoms with Gasteiger partial charge in [-0.15, -0.1) is 0 Å². The van der Waals surface area contributed by atoms with Crippen LogP contribution >= 0.6 is 11.6 Å². The number of carbonyl (C=O) groups excluding carboxylic acids is 2. The van der Waals surface area contributed by atoms with Gasteiger partial charge in [0, 0.05) is 13.5 Å². The van der Waals surface area contributed by atoms with Gasteiger partial charge in [0.15, 0.2) is 0 Å². The van der Waals surface area contributed by atoms with Crippen LogP contribution in [0.3, 0.4) is 0 Å². The third-order valence-electron chi connectivity index (χ3n) is 3.91. The van der Waals surface area contributed by atoms with Crippen LogP contribution in [0.5, 0.6) is 0 Å². The largest absolute Gasteiger partial charge is 0.331 e. The Morgan fingerprint density at radius 3 is 2.87 bits per heavy atom. The Labute approximate surface area is 139 Å². The molecule has 1 aliphatic heterocycles. The molecule has 2 heterocycles. The minimum absolute atomic E-state index is 0.0746. The fourth-order valence-corrected chi connectivity index (χ4v) is 3.02. The molecule has 1 aliphatic rings. The first-order valence-electron chi connectivity index (χ1n) is 7.44. The van der Waals surface area contributed by atoms with Gasteiger partial charge in [0.2, 0.25) is 11.8 Å². The maximum atomic E-state index is 12.4. The highest BCUT2D eigenvalue weighted by molar-refractivity contribution is 6.32. The van der Waals surface area contributed by atoms with E-state index in [9.17, 15) is 9.59 Å². The van der Waals surface area contributed by atoms with Gasteiger partial charge in [-0.1, -0.05) is 23.7 Å². The van der Waals surface area contributed by atoms with Gasteiger partial charge < -0.3 is 10.2 Å². The molecule has 1 aromatic heterocycles. The molecule has 2 amide bonds. The molecule has 1 unspecified atom stereocenters. The third kappa shape index (κ3) is 3.22. The van der Waals surface area contributed by atoms with E-state index in [0.29, 0.717) is 23.7 Å². The molecule has 0 saturated carbocycles. The number of para-hydroxylation sites is 1. The summed E-state index contributed by atoms with van der Waals surface area (Å²) in [5.41, 5.74) is 1.31. The van der Waals surface area contributed by atoms with Crippen LogP contribution in [0, 0.1) is 0 Å². The van der Waals surface area contributed by atoms with E-state index in [2.05, 4.69) is 10.4 Å². The van der Waals surface area contributed by atoms with E-state index in [-0.39, 0.29) is 11.8 Å². The van der Waals surface area contributed by atoms with Crippen LogP contribution in [0.1, 0.15) is 19.8 Å². The summed E-state index contributed by atoms with van der Waals surface area (Å²) in [4.78, 5) is 25.5. The van der Waals surface area contributed by atoms with Crippen molar-refractivity contribution in [3.05, 3.63) is 41.7 Å². The van der Waals surface area contributed by atoms with Crippen LogP contribution in [0.15, 0.2) is 36.7 Å². The SMILES string of the molecule is CC(=O)N1CCCC1C(=O)Nc1cnn(-c2ccccc2Cl)c1. The Morgan fingerprint density at radius 1 is 1.35 bits per heavy atom. The number of anilines is 1. The summed E-state index contributed by atoms with van der Waals surface area (Å²) >= 11 is 6.14. The number of hydrogen-bond acceptors (Lipinski definition) is 3. The van der Waals surface area contributed by atoms with Crippen molar-refractivity contribution in [1.82, 2.24) is 14.7 Å². The van der Waals surface area contributed by atoms with Crippen molar-refractivity contribution in [2.45, 2.75) is 25.8 Å². The Hall–Kier alpha value is -2.34. The molecule has 1 N–H and O–H groups in total. The quantitative estimate of drug-likeness (QED) is 0.939. The summed E-state index contributed by atoms with van der Waals surface area (Å²) < 4.78 is 1.61. The molecule has 0 bridgehead atoms. The van der Waals surface area contributed by atoms with E-state index in [0.717, 1.165) is 12.1 Å². The molecule has 1 fully saturated rings. The Morgan fingerprint density at radius 2 is 2.13 bits per heavy atom. The normalized spacial score (nSPS) is 17.3. The van der Waals surface area contributed by atoms with Crippen molar-refractivity contribution in [2.24, 2.45) is 0 Å². The van der Waals surface area contributed by atoms with E-state index >= 15 is 0 Å². The number of benzene rings is 1. The topological polar surface area (TPSA) is 67.2 Å². The van der Waals surface area contributed by atoms with Crippen molar-refractivity contribution in [2.75, 3.05) is 11.9 Å². The number of hydrogen-bond donors (Lipinski definition) is 1. The predicted molar refractivity (Wildman–Crippen MR) is 87.6 cm³/mol. The van der Waals surface area contributed by atoms with E-state index in [1.54, 1.807) is 28.0 Å². The zero-order valence-electron chi connectivity index (χ0n) is 12.7. The van der Waals surface area contributed by atoms with Gasteiger partial charge >= 0.3 is 0 Å². The maximum Gasteiger partial charge on any atom is 0.247 e. The summed E-state index contributed by atoms with van der Waals surface area (Å²) in [6, 6.07) is 6.92. The Balaban J connectivity index is 1.73. The molecule has 23 heavy (non-hydrogen) atoms. The second-order valence-electron chi connectivity index (χ2n) is 5.48. The monoisotopic (exact) mass is 332 g/mol. The molecule has 0 radical (unpaired) electrons. The highest BCUT2D eigenvalue weighted by Gasteiger charge is 2.32. The van der Waals surface area contributed by atoms with E-state index < -0.39 is 6.04 Å². The van der Waals surface area contributed by atoms with Crippen LogP contribution in [0.2, 0.25) is 5.02 Å². The lowest BCUT2D eigenvalue weighted by molar-refractivity contribution is -0.134. The van der Waals surface area contributed by atoms with Gasteiger partial charge in [-0.25, -0.2) is 4.68 Å². The van der Waals surface area contributed by atoms with Gasteiger partial charge in [0.05, 0.1) is 28.8 Å². The Kier molecular flexibility index (Phi) is 4.34. The standard InChI is InChI=1S/C16H17ClN4O2/c1-11(22)20-8-4-7-15(20)16(23)19-12-9-18-21(10-12)14-6-3-2-5-13(14)17/h2-3,5-6,9-10,15H,4,7-8H2,1H3,(H,19,23). The van der Waals surface area contributed by atoms with Gasteiger partial charge in [0.25, 0.3) is 0 Å². The first-order chi connectivity index (χ1) is 11.1. The molecule has 0 spiro atoms. The van der Waals surface area contributed by atoms with Gasteiger partial charge in [-0.2, -0.15) is 5.10 Å². The van der Waals surface area contributed by atoms with Crippen molar-refractivity contribution in [3.8, 4) is 5.69 Å². The number of carbonyl (C=O) groups is 2. The molecule has 1 atom stereocenters. The molecule has 2 aromatic rings. The number of nitrogens with one attached hydrogen (secondary N) is 1. The molecular formula is C16H17ClN4O2. The van der Waals surface area contributed by atoms with Crippen molar-refractivity contribution in [3.63, 3.8) is 0 Å². The van der Waals surface area contributed by atoms with Gasteiger partial charge in [-0.05, 0) is 25.0 Å². The average molecular weight is 333 g/mol. The predicted octanol–water partition coefficient (Wildman–Crippen LogP) is 2.48. The van der Waals surface area contributed by atoms with E-state index in [1.165, 1.54) is 6.92 Å². The molecule has 7 heteroatoms. The van der Waals surface area contributed by atoms with Crippen molar-refractivity contribution in [1.29, 1.82) is 0 Å². The zero-order chi connectivity index (χ0) is 16.4.